The van der Waals surface area contributed by atoms with Gasteiger partial charge in [-0.05, 0) is 64.9 Å². The van der Waals surface area contributed by atoms with E-state index in [2.05, 4.69) is 9.97 Å². The quantitative estimate of drug-likeness (QED) is 0.493. The summed E-state index contributed by atoms with van der Waals surface area (Å²) < 4.78 is 28.7. The van der Waals surface area contributed by atoms with Crippen molar-refractivity contribution < 1.29 is 8.78 Å². The molecular formula is C23H16F2N2O. The molecule has 5 rings (SSSR count). The molecule has 0 atom stereocenters. The smallest absolute Gasteiger partial charge is 0.306 e. The summed E-state index contributed by atoms with van der Waals surface area (Å²) in [4.78, 5) is 17.0. The second kappa shape index (κ2) is 6.30. The molecule has 0 fully saturated rings. The molecule has 138 valence electrons. The third-order valence-corrected chi connectivity index (χ3v) is 5.23. The van der Waals surface area contributed by atoms with Crippen LogP contribution in [-0.4, -0.2) is 9.97 Å². The average molecular weight is 374 g/mol. The second-order valence-corrected chi connectivity index (χ2v) is 7.02. The van der Waals surface area contributed by atoms with Crippen molar-refractivity contribution in [2.24, 2.45) is 0 Å². The van der Waals surface area contributed by atoms with Crippen LogP contribution >= 0.6 is 0 Å². The lowest BCUT2D eigenvalue weighted by atomic mass is 9.92. The van der Waals surface area contributed by atoms with Gasteiger partial charge in [-0.15, -0.1) is 0 Å². The van der Waals surface area contributed by atoms with Crippen LogP contribution in [0.15, 0.2) is 59.4 Å². The number of aromatic amines is 2. The zero-order valence-electron chi connectivity index (χ0n) is 14.9. The molecule has 0 spiro atoms. The lowest BCUT2D eigenvalue weighted by molar-refractivity contribution is 0.577. The van der Waals surface area contributed by atoms with Crippen LogP contribution in [0, 0.1) is 11.6 Å². The largest absolute Gasteiger partial charge is 0.323 e. The average Bonchev–Trinajstić information content (AvgIpc) is 2.96. The molecule has 0 bridgehead atoms. The second-order valence-electron chi connectivity index (χ2n) is 7.02. The minimum atomic E-state index is -0.562. The molecule has 1 aromatic heterocycles. The van der Waals surface area contributed by atoms with E-state index in [4.69, 9.17) is 0 Å². The highest BCUT2D eigenvalue weighted by Crippen LogP contribution is 2.37. The fourth-order valence-corrected chi connectivity index (χ4v) is 3.99. The molecule has 0 radical (unpaired) electrons. The molecule has 1 heterocycles. The molecule has 2 N–H and O–H groups in total. The van der Waals surface area contributed by atoms with Crippen LogP contribution in [0.3, 0.4) is 0 Å². The number of aryl methyl sites for hydroxylation is 2. The number of aromatic nitrogens is 2. The van der Waals surface area contributed by atoms with E-state index in [1.54, 1.807) is 0 Å². The summed E-state index contributed by atoms with van der Waals surface area (Å²) in [6.45, 7) is 0. The summed E-state index contributed by atoms with van der Waals surface area (Å²) in [5.74, 6) is -1.12. The number of hydrogen-bond donors (Lipinski definition) is 2. The lowest BCUT2D eigenvalue weighted by Gasteiger charge is -2.13. The third kappa shape index (κ3) is 2.76. The monoisotopic (exact) mass is 374 g/mol. The Bertz CT molecular complexity index is 1310. The number of H-pyrrole nitrogens is 2. The first-order valence-electron chi connectivity index (χ1n) is 9.09. The Morgan fingerprint density at radius 2 is 1.64 bits per heavy atom. The van der Waals surface area contributed by atoms with Crippen molar-refractivity contribution in [1.82, 2.24) is 9.97 Å². The van der Waals surface area contributed by atoms with E-state index in [-0.39, 0.29) is 5.69 Å². The van der Waals surface area contributed by atoms with Crippen molar-refractivity contribution >= 4 is 22.7 Å². The van der Waals surface area contributed by atoms with Gasteiger partial charge in [0, 0.05) is 11.6 Å². The van der Waals surface area contributed by atoms with Gasteiger partial charge in [0.25, 0.3) is 0 Å². The molecule has 1 aliphatic rings. The molecular weight excluding hydrogens is 358 g/mol. The van der Waals surface area contributed by atoms with Gasteiger partial charge >= 0.3 is 5.69 Å². The molecule has 0 aliphatic heterocycles. The molecule has 0 saturated carbocycles. The highest BCUT2D eigenvalue weighted by atomic mass is 19.1. The van der Waals surface area contributed by atoms with Crippen LogP contribution in [0.2, 0.25) is 0 Å². The van der Waals surface area contributed by atoms with E-state index in [1.807, 2.05) is 48.5 Å². The van der Waals surface area contributed by atoms with E-state index < -0.39 is 11.6 Å². The standard InChI is InChI=1S/C23H16F2N2O/c24-16-11-15-7-6-14-3-1-2-4-17(14)18(22(15)19(25)12-16)9-13-5-8-20-21(10-13)27-23(28)26-20/h1-5,8-12H,6-7H2,(H2,26,27,28)/b18-9-. The highest BCUT2D eigenvalue weighted by molar-refractivity contribution is 5.95. The number of imidazole rings is 1. The van der Waals surface area contributed by atoms with E-state index in [9.17, 15) is 13.6 Å². The van der Waals surface area contributed by atoms with E-state index in [0.717, 1.165) is 28.3 Å². The van der Waals surface area contributed by atoms with Crippen molar-refractivity contribution in [1.29, 1.82) is 0 Å². The van der Waals surface area contributed by atoms with Crippen molar-refractivity contribution in [2.45, 2.75) is 12.8 Å². The maximum Gasteiger partial charge on any atom is 0.323 e. The fraction of sp³-hybridized carbons (Fsp3) is 0.0870. The minimum absolute atomic E-state index is 0.272. The summed E-state index contributed by atoms with van der Waals surface area (Å²) in [6.07, 6.45) is 3.19. The molecule has 5 heteroatoms. The predicted octanol–water partition coefficient (Wildman–Crippen LogP) is 4.82. The zero-order chi connectivity index (χ0) is 19.3. The van der Waals surface area contributed by atoms with Crippen molar-refractivity contribution in [3.8, 4) is 0 Å². The SMILES string of the molecule is O=c1[nH]c2ccc(/C=C3/c4ccccc4CCc4cc(F)cc(F)c43)cc2[nH]1. The number of benzene rings is 3. The van der Waals surface area contributed by atoms with Crippen molar-refractivity contribution in [2.75, 3.05) is 0 Å². The summed E-state index contributed by atoms with van der Waals surface area (Å²) >= 11 is 0. The van der Waals surface area contributed by atoms with Gasteiger partial charge in [0.1, 0.15) is 11.6 Å². The number of rotatable bonds is 1. The van der Waals surface area contributed by atoms with Gasteiger partial charge in [0.15, 0.2) is 0 Å². The van der Waals surface area contributed by atoms with Crippen LogP contribution in [0.4, 0.5) is 8.78 Å². The van der Waals surface area contributed by atoms with Crippen LogP contribution < -0.4 is 5.69 Å². The van der Waals surface area contributed by atoms with E-state index in [1.165, 1.54) is 6.07 Å². The van der Waals surface area contributed by atoms with Crippen LogP contribution in [0.5, 0.6) is 0 Å². The Balaban J connectivity index is 1.79. The summed E-state index contributed by atoms with van der Waals surface area (Å²) in [7, 11) is 0. The number of halogens is 2. The van der Waals surface area contributed by atoms with E-state index >= 15 is 0 Å². The normalized spacial score (nSPS) is 14.7. The first kappa shape index (κ1) is 16.7. The topological polar surface area (TPSA) is 48.6 Å². The first-order valence-corrected chi connectivity index (χ1v) is 9.09. The zero-order valence-corrected chi connectivity index (χ0v) is 14.9. The van der Waals surface area contributed by atoms with Gasteiger partial charge in [-0.2, -0.15) is 0 Å². The fourth-order valence-electron chi connectivity index (χ4n) is 3.99. The van der Waals surface area contributed by atoms with Gasteiger partial charge < -0.3 is 9.97 Å². The lowest BCUT2D eigenvalue weighted by Crippen LogP contribution is -1.99. The Kier molecular flexibility index (Phi) is 3.76. The molecule has 0 unspecified atom stereocenters. The minimum Gasteiger partial charge on any atom is -0.306 e. The number of fused-ring (bicyclic) bond motifs is 3. The Morgan fingerprint density at radius 1 is 0.857 bits per heavy atom. The Hall–Kier alpha value is -3.47. The van der Waals surface area contributed by atoms with Crippen LogP contribution in [0.1, 0.15) is 27.8 Å². The highest BCUT2D eigenvalue weighted by Gasteiger charge is 2.22. The maximum absolute atomic E-state index is 14.9. The first-order chi connectivity index (χ1) is 13.6. The van der Waals surface area contributed by atoms with Crippen LogP contribution in [0.25, 0.3) is 22.7 Å². The molecule has 1 aliphatic carbocycles. The summed E-state index contributed by atoms with van der Waals surface area (Å²) in [5, 5.41) is 0. The van der Waals surface area contributed by atoms with Crippen molar-refractivity contribution in [3.05, 3.63) is 105 Å². The van der Waals surface area contributed by atoms with Crippen LogP contribution in [-0.2, 0) is 12.8 Å². The maximum atomic E-state index is 14.9. The Labute approximate surface area is 159 Å². The summed E-state index contributed by atoms with van der Waals surface area (Å²) in [5.41, 5.74) is 5.80. The predicted molar refractivity (Wildman–Crippen MR) is 106 cm³/mol. The third-order valence-electron chi connectivity index (χ3n) is 5.23. The molecule has 4 aromatic rings. The Morgan fingerprint density at radius 3 is 2.54 bits per heavy atom. The molecule has 3 nitrogen and oxygen atoms in total. The number of hydrogen-bond acceptors (Lipinski definition) is 1. The van der Waals surface area contributed by atoms with E-state index in [0.29, 0.717) is 35.0 Å². The van der Waals surface area contributed by atoms with Gasteiger partial charge in [-0.25, -0.2) is 13.6 Å². The molecule has 0 saturated heterocycles. The number of nitrogens with one attached hydrogen (secondary N) is 2. The van der Waals surface area contributed by atoms with Gasteiger partial charge in [0.05, 0.1) is 11.0 Å². The molecule has 28 heavy (non-hydrogen) atoms. The summed E-state index contributed by atoms with van der Waals surface area (Å²) in [6, 6.07) is 15.8. The van der Waals surface area contributed by atoms with Gasteiger partial charge in [0.2, 0.25) is 0 Å². The molecule has 0 amide bonds. The van der Waals surface area contributed by atoms with Gasteiger partial charge in [-0.3, -0.25) is 0 Å². The molecule has 3 aromatic carbocycles. The van der Waals surface area contributed by atoms with Crippen molar-refractivity contribution in [3.63, 3.8) is 0 Å². The van der Waals surface area contributed by atoms with Gasteiger partial charge in [-0.1, -0.05) is 30.3 Å².